The summed E-state index contributed by atoms with van der Waals surface area (Å²) in [4.78, 5) is 25.0. The van der Waals surface area contributed by atoms with Gasteiger partial charge in [0.25, 0.3) is 5.91 Å². The highest BCUT2D eigenvalue weighted by atomic mass is 32.1. The van der Waals surface area contributed by atoms with Crippen molar-refractivity contribution in [3.63, 3.8) is 0 Å². The molecule has 2 heterocycles. The zero-order valence-corrected chi connectivity index (χ0v) is 17.1. The van der Waals surface area contributed by atoms with E-state index >= 15 is 0 Å². The van der Waals surface area contributed by atoms with Crippen LogP contribution in [0.4, 0.5) is 17.1 Å². The number of fused-ring (bicyclic) bond motifs is 1. The third-order valence-corrected chi connectivity index (χ3v) is 5.61. The minimum absolute atomic E-state index is 0.225. The van der Waals surface area contributed by atoms with Gasteiger partial charge in [0.1, 0.15) is 15.5 Å². The highest BCUT2D eigenvalue weighted by Gasteiger charge is 2.20. The van der Waals surface area contributed by atoms with Gasteiger partial charge in [-0.15, -0.1) is 11.3 Å². The molecular weight excluding hydrogens is 358 g/mol. The number of benzene rings is 1. The zero-order chi connectivity index (χ0) is 19.7. The maximum atomic E-state index is 12.7. The fourth-order valence-electron chi connectivity index (χ4n) is 3.27. The number of anilines is 3. The zero-order valence-electron chi connectivity index (χ0n) is 16.3. The average Bonchev–Trinajstić information content (AvgIpc) is 2.93. The molecule has 3 N–H and O–H groups in total. The first-order chi connectivity index (χ1) is 12.8. The Morgan fingerprint density at radius 3 is 2.48 bits per heavy atom. The molecule has 3 rings (SSSR count). The van der Waals surface area contributed by atoms with Crippen molar-refractivity contribution in [2.75, 3.05) is 22.5 Å². The minimum Gasteiger partial charge on any atom is -0.397 e. The lowest BCUT2D eigenvalue weighted by atomic mass is 10.2. The van der Waals surface area contributed by atoms with Crippen LogP contribution in [-0.4, -0.2) is 28.5 Å². The molecule has 0 radical (unpaired) electrons. The molecule has 6 nitrogen and oxygen atoms in total. The number of carbonyl (C=O) groups excluding carboxylic acids is 1. The Morgan fingerprint density at radius 1 is 1.22 bits per heavy atom. The lowest BCUT2D eigenvalue weighted by Crippen LogP contribution is -2.30. The van der Waals surface area contributed by atoms with Crippen LogP contribution in [0.15, 0.2) is 24.3 Å². The second-order valence-corrected chi connectivity index (χ2v) is 7.76. The smallest absolute Gasteiger partial charge is 0.267 e. The quantitative estimate of drug-likeness (QED) is 0.683. The number of rotatable bonds is 5. The first-order valence-corrected chi connectivity index (χ1v) is 9.84. The van der Waals surface area contributed by atoms with Crippen LogP contribution in [0.5, 0.6) is 0 Å². The van der Waals surface area contributed by atoms with E-state index in [0.717, 1.165) is 33.8 Å². The van der Waals surface area contributed by atoms with E-state index in [1.165, 1.54) is 11.3 Å². The number of nitrogens with zero attached hydrogens (tertiary/aromatic N) is 3. The topological polar surface area (TPSA) is 84.1 Å². The van der Waals surface area contributed by atoms with Gasteiger partial charge in [0.15, 0.2) is 0 Å². The van der Waals surface area contributed by atoms with Crippen molar-refractivity contribution >= 4 is 44.5 Å². The molecular formula is C20H25N5OS. The van der Waals surface area contributed by atoms with E-state index in [2.05, 4.69) is 41.0 Å². The molecule has 0 bridgehead atoms. The van der Waals surface area contributed by atoms with Crippen molar-refractivity contribution in [1.82, 2.24) is 9.97 Å². The molecule has 2 aromatic heterocycles. The molecule has 7 heteroatoms. The van der Waals surface area contributed by atoms with Crippen LogP contribution in [-0.2, 0) is 0 Å². The highest BCUT2D eigenvalue weighted by molar-refractivity contribution is 7.21. The predicted octanol–water partition coefficient (Wildman–Crippen LogP) is 4.38. The van der Waals surface area contributed by atoms with E-state index in [9.17, 15) is 4.79 Å². The van der Waals surface area contributed by atoms with Crippen molar-refractivity contribution in [1.29, 1.82) is 0 Å². The second-order valence-electron chi connectivity index (χ2n) is 6.76. The van der Waals surface area contributed by atoms with E-state index in [4.69, 9.17) is 5.73 Å². The second kappa shape index (κ2) is 7.52. The van der Waals surface area contributed by atoms with Crippen LogP contribution < -0.4 is 16.0 Å². The summed E-state index contributed by atoms with van der Waals surface area (Å²) >= 11 is 1.30. The number of carbonyl (C=O) groups is 1. The van der Waals surface area contributed by atoms with Crippen LogP contribution in [0.1, 0.15) is 42.0 Å². The van der Waals surface area contributed by atoms with Crippen molar-refractivity contribution in [2.24, 2.45) is 0 Å². The summed E-state index contributed by atoms with van der Waals surface area (Å²) in [6, 6.07) is 8.29. The molecule has 0 saturated carbocycles. The molecule has 3 aromatic rings. The normalized spacial score (nSPS) is 11.2. The molecule has 0 spiro atoms. The van der Waals surface area contributed by atoms with Crippen molar-refractivity contribution in [3.05, 3.63) is 40.7 Å². The van der Waals surface area contributed by atoms with Crippen LogP contribution in [0.3, 0.4) is 0 Å². The molecule has 0 saturated heterocycles. The Balaban J connectivity index is 1.85. The molecule has 1 aromatic carbocycles. The van der Waals surface area contributed by atoms with E-state index < -0.39 is 0 Å². The van der Waals surface area contributed by atoms with Crippen LogP contribution >= 0.6 is 11.3 Å². The number of nitrogens with one attached hydrogen (secondary N) is 1. The van der Waals surface area contributed by atoms with Gasteiger partial charge in [-0.2, -0.15) is 0 Å². The summed E-state index contributed by atoms with van der Waals surface area (Å²) in [6.07, 6.45) is 0. The third-order valence-electron chi connectivity index (χ3n) is 4.51. The van der Waals surface area contributed by atoms with E-state index in [0.29, 0.717) is 22.4 Å². The summed E-state index contributed by atoms with van der Waals surface area (Å²) in [7, 11) is 0. The molecule has 0 aliphatic carbocycles. The number of amides is 1. The Morgan fingerprint density at radius 2 is 1.89 bits per heavy atom. The number of aromatic nitrogens is 2. The van der Waals surface area contributed by atoms with Crippen molar-refractivity contribution < 1.29 is 4.79 Å². The number of thiophene rings is 1. The van der Waals surface area contributed by atoms with Gasteiger partial charge in [0, 0.05) is 24.0 Å². The van der Waals surface area contributed by atoms with Gasteiger partial charge >= 0.3 is 0 Å². The predicted molar refractivity (Wildman–Crippen MR) is 114 cm³/mol. The number of aryl methyl sites for hydroxylation is 2. The highest BCUT2D eigenvalue weighted by Crippen LogP contribution is 2.34. The number of hydrogen-bond acceptors (Lipinski definition) is 6. The Hall–Kier alpha value is -2.67. The lowest BCUT2D eigenvalue weighted by molar-refractivity contribution is 0.103. The molecule has 142 valence electrons. The first kappa shape index (κ1) is 19.1. The molecule has 1 amide bonds. The van der Waals surface area contributed by atoms with E-state index in [1.54, 1.807) is 0 Å². The number of hydrogen-bond donors (Lipinski definition) is 2. The van der Waals surface area contributed by atoms with Gasteiger partial charge in [-0.1, -0.05) is 0 Å². The Bertz CT molecular complexity index is 978. The van der Waals surface area contributed by atoms with Gasteiger partial charge < -0.3 is 16.0 Å². The Kier molecular flexibility index (Phi) is 5.32. The van der Waals surface area contributed by atoms with E-state index in [-0.39, 0.29) is 5.91 Å². The van der Waals surface area contributed by atoms with Gasteiger partial charge in [-0.05, 0) is 58.9 Å². The molecule has 0 aliphatic heterocycles. The van der Waals surface area contributed by atoms with Crippen molar-refractivity contribution in [2.45, 2.75) is 40.7 Å². The summed E-state index contributed by atoms with van der Waals surface area (Å²) in [5.41, 5.74) is 9.33. The first-order valence-electron chi connectivity index (χ1n) is 9.03. The molecule has 0 unspecified atom stereocenters. The van der Waals surface area contributed by atoms with Gasteiger partial charge in [0.05, 0.1) is 16.8 Å². The van der Waals surface area contributed by atoms with Gasteiger partial charge in [0.2, 0.25) is 0 Å². The third kappa shape index (κ3) is 3.73. The summed E-state index contributed by atoms with van der Waals surface area (Å²) < 4.78 is 0. The summed E-state index contributed by atoms with van der Waals surface area (Å²) in [6.45, 7) is 11.1. The lowest BCUT2D eigenvalue weighted by Gasteiger charge is -2.27. The van der Waals surface area contributed by atoms with Gasteiger partial charge in [-0.25, -0.2) is 9.97 Å². The largest absolute Gasteiger partial charge is 0.397 e. The number of nitrogens with two attached hydrogens (primary N) is 1. The van der Waals surface area contributed by atoms with E-state index in [1.807, 2.05) is 38.1 Å². The van der Waals surface area contributed by atoms with Gasteiger partial charge in [-0.3, -0.25) is 4.79 Å². The molecule has 27 heavy (non-hydrogen) atoms. The minimum atomic E-state index is -0.225. The summed E-state index contributed by atoms with van der Waals surface area (Å²) in [5.74, 6) is 0.450. The monoisotopic (exact) mass is 383 g/mol. The number of nitrogen functional groups attached to an aromatic ring is 1. The maximum absolute atomic E-state index is 12.7. The summed E-state index contributed by atoms with van der Waals surface area (Å²) in [5, 5.41) is 3.70. The van der Waals surface area contributed by atoms with Crippen molar-refractivity contribution in [3.8, 4) is 0 Å². The van der Waals surface area contributed by atoms with Crippen LogP contribution in [0, 0.1) is 13.8 Å². The fourth-order valence-corrected chi connectivity index (χ4v) is 4.36. The van der Waals surface area contributed by atoms with Crippen LogP contribution in [0.2, 0.25) is 0 Å². The SMILES string of the molecule is CCN(c1ccc(NC(=O)c2sc3nc(C)nc(C)c3c2N)cc1)C(C)C. The molecule has 0 aliphatic rings. The molecule has 0 fully saturated rings. The Labute approximate surface area is 163 Å². The standard InChI is InChI=1S/C20H25N5OS/c1-6-25(11(2)3)15-9-7-14(8-10-15)24-19(26)18-17(21)16-12(4)22-13(5)23-20(16)27-18/h7-11H,6,21H2,1-5H3,(H,24,26). The molecule has 0 atom stereocenters. The van der Waals surface area contributed by atoms with Crippen LogP contribution in [0.25, 0.3) is 10.2 Å². The fraction of sp³-hybridized carbons (Fsp3) is 0.350. The average molecular weight is 384 g/mol. The maximum Gasteiger partial charge on any atom is 0.267 e.